The van der Waals surface area contributed by atoms with Crippen LogP contribution in [0.2, 0.25) is 0 Å². The highest BCUT2D eigenvalue weighted by Gasteiger charge is 1.97. The van der Waals surface area contributed by atoms with Gasteiger partial charge in [-0.15, -0.1) is 0 Å². The Kier molecular flexibility index (Phi) is 9.10. The topological polar surface area (TPSA) is 29.4 Å². The molecule has 0 aliphatic carbocycles. The summed E-state index contributed by atoms with van der Waals surface area (Å²) in [5.74, 6) is 0. The van der Waals surface area contributed by atoms with Gasteiger partial charge in [0.25, 0.3) is 0 Å². The normalized spacial score (nSPS) is 14.3. The molecule has 0 saturated carbocycles. The Morgan fingerprint density at radius 3 is 2.62 bits per heavy atom. The number of rotatable bonds is 8. The van der Waals surface area contributed by atoms with Crippen molar-refractivity contribution in [3.8, 4) is 0 Å². The van der Waals surface area contributed by atoms with Crippen LogP contribution in [0.5, 0.6) is 0 Å². The van der Waals surface area contributed by atoms with Gasteiger partial charge in [-0.2, -0.15) is 4.40 Å². The average Bonchev–Trinajstić information content (AvgIpc) is 2.25. The molecular weight excluding hydrogens is 218 g/mol. The number of hydrogen-bond acceptors (Lipinski definition) is 1. The maximum absolute atomic E-state index is 11.6. The molecule has 92 valence electrons. The van der Waals surface area contributed by atoms with Crippen LogP contribution in [0.25, 0.3) is 0 Å². The van der Waals surface area contributed by atoms with E-state index in [0.29, 0.717) is 0 Å². The largest absolute Gasteiger partial charge is 0.230 e. The van der Waals surface area contributed by atoms with Crippen molar-refractivity contribution in [1.29, 1.82) is 0 Å². The van der Waals surface area contributed by atoms with Crippen LogP contribution in [0.4, 0.5) is 0 Å². The molecule has 0 fully saturated rings. The predicted molar refractivity (Wildman–Crippen MR) is 74.0 cm³/mol. The average molecular weight is 241 g/mol. The van der Waals surface area contributed by atoms with Gasteiger partial charge in [-0.25, -0.2) is 4.21 Å². The molecule has 0 aliphatic rings. The standard InChI is InChI=1S/C13H23NOS/c1-5-6-7-8-11-14-16(15)13(4)10-9-12(2)3/h10-11H,2,5-9H2,1,3-4H3/b13-10+,14-11?. The van der Waals surface area contributed by atoms with Crippen molar-refractivity contribution < 1.29 is 4.21 Å². The lowest BCUT2D eigenvalue weighted by Gasteiger charge is -1.96. The number of hydrogen-bond donors (Lipinski definition) is 0. The van der Waals surface area contributed by atoms with E-state index in [2.05, 4.69) is 17.9 Å². The van der Waals surface area contributed by atoms with Gasteiger partial charge in [0, 0.05) is 11.1 Å². The highest BCUT2D eigenvalue weighted by molar-refractivity contribution is 7.87. The molecule has 0 saturated heterocycles. The molecule has 1 unspecified atom stereocenters. The second-order valence-electron chi connectivity index (χ2n) is 4.01. The summed E-state index contributed by atoms with van der Waals surface area (Å²) in [6.45, 7) is 9.78. The Labute approximate surface area is 102 Å². The fourth-order valence-corrected chi connectivity index (χ4v) is 1.71. The first-order chi connectivity index (χ1) is 7.57. The second-order valence-corrected chi connectivity index (χ2v) is 5.36. The zero-order chi connectivity index (χ0) is 12.4. The minimum Gasteiger partial charge on any atom is -0.230 e. The summed E-state index contributed by atoms with van der Waals surface area (Å²) >= 11 is 0. The van der Waals surface area contributed by atoms with Crippen molar-refractivity contribution in [2.75, 3.05) is 0 Å². The first kappa shape index (κ1) is 15.3. The minimum atomic E-state index is -1.20. The summed E-state index contributed by atoms with van der Waals surface area (Å²) in [5, 5.41) is 0. The Balaban J connectivity index is 3.95. The molecule has 0 N–H and O–H groups in total. The molecule has 0 aromatic rings. The molecule has 0 amide bonds. The maximum atomic E-state index is 11.6. The van der Waals surface area contributed by atoms with Crippen LogP contribution in [0.15, 0.2) is 27.5 Å². The lowest BCUT2D eigenvalue weighted by Crippen LogP contribution is -1.88. The van der Waals surface area contributed by atoms with E-state index in [1.165, 1.54) is 12.8 Å². The third-order valence-electron chi connectivity index (χ3n) is 2.12. The lowest BCUT2D eigenvalue weighted by molar-refractivity contribution is 0.687. The van der Waals surface area contributed by atoms with Gasteiger partial charge in [-0.05, 0) is 33.1 Å². The Morgan fingerprint density at radius 1 is 1.38 bits per heavy atom. The van der Waals surface area contributed by atoms with Crippen LogP contribution in [0.1, 0.15) is 52.9 Å². The molecule has 0 radical (unpaired) electrons. The molecule has 1 atom stereocenters. The zero-order valence-corrected chi connectivity index (χ0v) is 11.5. The summed E-state index contributed by atoms with van der Waals surface area (Å²) < 4.78 is 15.6. The molecule has 3 heteroatoms. The first-order valence-electron chi connectivity index (χ1n) is 5.83. The smallest absolute Gasteiger partial charge is 0.167 e. The van der Waals surface area contributed by atoms with E-state index >= 15 is 0 Å². The molecule has 0 aromatic heterocycles. The van der Waals surface area contributed by atoms with Gasteiger partial charge in [-0.1, -0.05) is 38.0 Å². The zero-order valence-electron chi connectivity index (χ0n) is 10.7. The fraction of sp³-hybridized carbons (Fsp3) is 0.615. The van der Waals surface area contributed by atoms with Gasteiger partial charge >= 0.3 is 0 Å². The van der Waals surface area contributed by atoms with E-state index in [1.807, 2.05) is 19.9 Å². The predicted octanol–water partition coefficient (Wildman–Crippen LogP) is 4.17. The SMILES string of the molecule is C=C(C)C/C=C(\C)S(=O)N=CCCCCC. The quantitative estimate of drug-likeness (QED) is 0.356. The molecule has 0 bridgehead atoms. The van der Waals surface area contributed by atoms with Gasteiger partial charge in [0.15, 0.2) is 11.0 Å². The Morgan fingerprint density at radius 2 is 2.06 bits per heavy atom. The van der Waals surface area contributed by atoms with Crippen LogP contribution in [0, 0.1) is 0 Å². The van der Waals surface area contributed by atoms with Crippen molar-refractivity contribution in [3.63, 3.8) is 0 Å². The molecule has 0 rings (SSSR count). The molecule has 0 aliphatic heterocycles. The van der Waals surface area contributed by atoms with Crippen LogP contribution < -0.4 is 0 Å². The van der Waals surface area contributed by atoms with Gasteiger partial charge in [-0.3, -0.25) is 0 Å². The van der Waals surface area contributed by atoms with E-state index in [4.69, 9.17) is 0 Å². The van der Waals surface area contributed by atoms with Crippen molar-refractivity contribution in [3.05, 3.63) is 23.1 Å². The molecule has 0 spiro atoms. The van der Waals surface area contributed by atoms with Crippen LogP contribution in [-0.2, 0) is 11.0 Å². The number of unbranched alkanes of at least 4 members (excludes halogenated alkanes) is 3. The van der Waals surface area contributed by atoms with E-state index in [1.54, 1.807) is 6.21 Å². The van der Waals surface area contributed by atoms with E-state index in [0.717, 1.165) is 29.7 Å². The summed E-state index contributed by atoms with van der Waals surface area (Å²) in [7, 11) is -1.20. The molecular formula is C13H23NOS. The van der Waals surface area contributed by atoms with Crippen LogP contribution in [0.3, 0.4) is 0 Å². The Hall–Kier alpha value is -0.700. The Bertz CT molecular complexity index is 292. The molecule has 0 aromatic carbocycles. The van der Waals surface area contributed by atoms with Gasteiger partial charge in [0.2, 0.25) is 0 Å². The fourth-order valence-electron chi connectivity index (χ4n) is 1.08. The molecule has 16 heavy (non-hydrogen) atoms. The molecule has 0 heterocycles. The van der Waals surface area contributed by atoms with Gasteiger partial charge < -0.3 is 0 Å². The van der Waals surface area contributed by atoms with Crippen molar-refractivity contribution in [2.45, 2.75) is 52.9 Å². The van der Waals surface area contributed by atoms with Crippen molar-refractivity contribution in [1.82, 2.24) is 0 Å². The van der Waals surface area contributed by atoms with E-state index in [9.17, 15) is 4.21 Å². The summed E-state index contributed by atoms with van der Waals surface area (Å²) in [5.41, 5.74) is 1.07. The lowest BCUT2D eigenvalue weighted by atomic mass is 10.2. The van der Waals surface area contributed by atoms with Crippen molar-refractivity contribution >= 4 is 17.2 Å². The van der Waals surface area contributed by atoms with Crippen LogP contribution >= 0.6 is 0 Å². The minimum absolute atomic E-state index is 0.781. The number of nitrogens with zero attached hydrogens (tertiary/aromatic N) is 1. The summed E-state index contributed by atoms with van der Waals surface area (Å²) in [4.78, 5) is 0.815. The summed E-state index contributed by atoms with van der Waals surface area (Å²) in [6.07, 6.45) is 8.96. The third-order valence-corrected chi connectivity index (χ3v) is 3.18. The summed E-state index contributed by atoms with van der Waals surface area (Å²) in [6, 6.07) is 0. The van der Waals surface area contributed by atoms with E-state index < -0.39 is 11.0 Å². The molecule has 2 nitrogen and oxygen atoms in total. The second kappa shape index (κ2) is 9.52. The van der Waals surface area contributed by atoms with Gasteiger partial charge in [0.05, 0.1) is 0 Å². The number of allylic oxidation sites excluding steroid dienone is 3. The maximum Gasteiger partial charge on any atom is 0.167 e. The van der Waals surface area contributed by atoms with Gasteiger partial charge in [0.1, 0.15) is 0 Å². The van der Waals surface area contributed by atoms with Crippen LogP contribution in [-0.4, -0.2) is 10.4 Å². The highest BCUT2D eigenvalue weighted by Crippen LogP contribution is 2.07. The first-order valence-corrected chi connectivity index (χ1v) is 6.94. The third kappa shape index (κ3) is 8.60. The van der Waals surface area contributed by atoms with E-state index in [-0.39, 0.29) is 0 Å². The monoisotopic (exact) mass is 241 g/mol. The van der Waals surface area contributed by atoms with Crippen molar-refractivity contribution in [2.24, 2.45) is 4.40 Å². The highest BCUT2D eigenvalue weighted by atomic mass is 32.2.